The third kappa shape index (κ3) is 3.31. The van der Waals surface area contributed by atoms with Gasteiger partial charge < -0.3 is 10.6 Å². The Balaban J connectivity index is 1.78. The maximum atomic E-state index is 11.8. The van der Waals surface area contributed by atoms with Crippen LogP contribution in [0.25, 0.3) is 0 Å². The molecule has 0 spiro atoms. The predicted octanol–water partition coefficient (Wildman–Crippen LogP) is 1.43. The minimum absolute atomic E-state index is 0.0718. The topological polar surface area (TPSA) is 64.9 Å². The van der Waals surface area contributed by atoms with Crippen LogP contribution in [0.15, 0.2) is 24.3 Å². The number of amides is 1. The van der Waals surface area contributed by atoms with Crippen molar-refractivity contribution in [3.63, 3.8) is 0 Å². The Bertz CT molecular complexity index is 441. The van der Waals surface area contributed by atoms with Crippen molar-refractivity contribution in [2.24, 2.45) is 0 Å². The zero-order valence-electron chi connectivity index (χ0n) is 10.3. The van der Waals surface area contributed by atoms with Crippen molar-refractivity contribution in [1.29, 1.82) is 5.26 Å². The van der Waals surface area contributed by atoms with E-state index in [2.05, 4.69) is 10.6 Å². The summed E-state index contributed by atoms with van der Waals surface area (Å²) < 4.78 is 0. The second-order valence-electron chi connectivity index (χ2n) is 4.53. The highest BCUT2D eigenvalue weighted by Gasteiger charge is 2.13. The van der Waals surface area contributed by atoms with Crippen LogP contribution in [-0.4, -0.2) is 25.0 Å². The van der Waals surface area contributed by atoms with E-state index in [0.29, 0.717) is 23.7 Å². The third-order valence-electron chi connectivity index (χ3n) is 3.22. The van der Waals surface area contributed by atoms with Gasteiger partial charge in [0, 0.05) is 18.2 Å². The summed E-state index contributed by atoms with van der Waals surface area (Å²) in [5.74, 6) is -0.0718. The lowest BCUT2D eigenvalue weighted by atomic mass is 10.1. The Kier molecular flexibility index (Phi) is 4.32. The summed E-state index contributed by atoms with van der Waals surface area (Å²) in [6.45, 7) is 1.78. The fraction of sp³-hybridized carbons (Fsp3) is 0.429. The fourth-order valence-electron chi connectivity index (χ4n) is 2.16. The molecule has 4 nitrogen and oxygen atoms in total. The van der Waals surface area contributed by atoms with Crippen LogP contribution in [0.4, 0.5) is 0 Å². The summed E-state index contributed by atoms with van der Waals surface area (Å²) >= 11 is 0. The molecule has 4 heteroatoms. The molecule has 1 amide bonds. The Morgan fingerprint density at radius 3 is 2.83 bits per heavy atom. The van der Waals surface area contributed by atoms with Crippen LogP contribution in [0.5, 0.6) is 0 Å². The molecule has 1 aromatic carbocycles. The number of nitrogens with one attached hydrogen (secondary N) is 2. The third-order valence-corrected chi connectivity index (χ3v) is 3.22. The maximum absolute atomic E-state index is 11.8. The molecule has 1 heterocycles. The molecule has 1 saturated heterocycles. The van der Waals surface area contributed by atoms with E-state index in [-0.39, 0.29) is 5.91 Å². The van der Waals surface area contributed by atoms with Gasteiger partial charge >= 0.3 is 0 Å². The average Bonchev–Trinajstić information content (AvgIpc) is 2.92. The molecule has 0 bridgehead atoms. The zero-order chi connectivity index (χ0) is 12.8. The van der Waals surface area contributed by atoms with Gasteiger partial charge in [-0.3, -0.25) is 4.79 Å². The predicted molar refractivity (Wildman–Crippen MR) is 69.1 cm³/mol. The second kappa shape index (κ2) is 6.18. The van der Waals surface area contributed by atoms with Gasteiger partial charge in [0.05, 0.1) is 11.6 Å². The van der Waals surface area contributed by atoms with E-state index in [1.165, 1.54) is 12.8 Å². The summed E-state index contributed by atoms with van der Waals surface area (Å²) in [6, 6.07) is 9.27. The van der Waals surface area contributed by atoms with Crippen LogP contribution in [-0.2, 0) is 0 Å². The van der Waals surface area contributed by atoms with E-state index in [4.69, 9.17) is 5.26 Å². The van der Waals surface area contributed by atoms with Gasteiger partial charge in [-0.2, -0.15) is 5.26 Å². The number of rotatable bonds is 4. The lowest BCUT2D eigenvalue weighted by molar-refractivity contribution is 0.0952. The van der Waals surface area contributed by atoms with Gasteiger partial charge in [-0.15, -0.1) is 0 Å². The SMILES string of the molecule is N#Cc1ccc(C(=O)NCCC2CCCN2)cc1. The number of nitrogens with zero attached hydrogens (tertiary/aromatic N) is 1. The second-order valence-corrected chi connectivity index (χ2v) is 4.53. The largest absolute Gasteiger partial charge is 0.352 e. The Hall–Kier alpha value is -1.86. The monoisotopic (exact) mass is 243 g/mol. The first kappa shape index (κ1) is 12.6. The molecular formula is C14H17N3O. The van der Waals surface area contributed by atoms with Crippen molar-refractivity contribution in [3.8, 4) is 6.07 Å². The minimum Gasteiger partial charge on any atom is -0.352 e. The molecule has 1 aliphatic rings. The molecule has 1 aliphatic heterocycles. The molecular weight excluding hydrogens is 226 g/mol. The van der Waals surface area contributed by atoms with Crippen LogP contribution in [0.1, 0.15) is 35.2 Å². The van der Waals surface area contributed by atoms with Gasteiger partial charge in [-0.05, 0) is 50.1 Å². The van der Waals surface area contributed by atoms with Crippen LogP contribution < -0.4 is 10.6 Å². The standard InChI is InChI=1S/C14H17N3O/c15-10-11-3-5-12(6-4-11)14(18)17-9-7-13-2-1-8-16-13/h3-6,13,16H,1-2,7-9H2,(H,17,18). The molecule has 1 fully saturated rings. The summed E-state index contributed by atoms with van der Waals surface area (Å²) in [4.78, 5) is 11.8. The van der Waals surface area contributed by atoms with E-state index in [1.54, 1.807) is 24.3 Å². The van der Waals surface area contributed by atoms with Crippen molar-refractivity contribution in [2.75, 3.05) is 13.1 Å². The summed E-state index contributed by atoms with van der Waals surface area (Å²) in [5, 5.41) is 15.0. The van der Waals surface area contributed by atoms with Crippen LogP contribution >= 0.6 is 0 Å². The van der Waals surface area contributed by atoms with E-state index >= 15 is 0 Å². The van der Waals surface area contributed by atoms with E-state index in [0.717, 1.165) is 13.0 Å². The number of carbonyl (C=O) groups is 1. The molecule has 1 atom stereocenters. The highest BCUT2D eigenvalue weighted by molar-refractivity contribution is 5.94. The number of benzene rings is 1. The minimum atomic E-state index is -0.0718. The average molecular weight is 243 g/mol. The molecule has 2 N–H and O–H groups in total. The van der Waals surface area contributed by atoms with Gasteiger partial charge in [-0.1, -0.05) is 0 Å². The first-order valence-electron chi connectivity index (χ1n) is 6.31. The van der Waals surface area contributed by atoms with Crippen LogP contribution in [0.2, 0.25) is 0 Å². The number of carbonyl (C=O) groups excluding carboxylic acids is 1. The normalized spacial score (nSPS) is 18.3. The molecule has 0 radical (unpaired) electrons. The first-order valence-corrected chi connectivity index (χ1v) is 6.31. The highest BCUT2D eigenvalue weighted by atomic mass is 16.1. The van der Waals surface area contributed by atoms with Crippen molar-refractivity contribution >= 4 is 5.91 Å². The van der Waals surface area contributed by atoms with Gasteiger partial charge in [0.25, 0.3) is 5.91 Å². The van der Waals surface area contributed by atoms with Crippen molar-refractivity contribution in [1.82, 2.24) is 10.6 Å². The molecule has 0 aromatic heterocycles. The molecule has 94 valence electrons. The lowest BCUT2D eigenvalue weighted by Crippen LogP contribution is -2.30. The highest BCUT2D eigenvalue weighted by Crippen LogP contribution is 2.08. The van der Waals surface area contributed by atoms with Crippen LogP contribution in [0.3, 0.4) is 0 Å². The zero-order valence-corrected chi connectivity index (χ0v) is 10.3. The van der Waals surface area contributed by atoms with Gasteiger partial charge in [0.1, 0.15) is 0 Å². The molecule has 18 heavy (non-hydrogen) atoms. The van der Waals surface area contributed by atoms with Crippen molar-refractivity contribution < 1.29 is 4.79 Å². The van der Waals surface area contributed by atoms with Gasteiger partial charge in [0.15, 0.2) is 0 Å². The van der Waals surface area contributed by atoms with Crippen molar-refractivity contribution in [3.05, 3.63) is 35.4 Å². The number of nitriles is 1. The van der Waals surface area contributed by atoms with Crippen LogP contribution in [0, 0.1) is 11.3 Å². The molecule has 1 unspecified atom stereocenters. The molecule has 0 aliphatic carbocycles. The molecule has 2 rings (SSSR count). The number of hydrogen-bond acceptors (Lipinski definition) is 3. The van der Waals surface area contributed by atoms with E-state index in [1.807, 2.05) is 6.07 Å². The van der Waals surface area contributed by atoms with E-state index < -0.39 is 0 Å². The van der Waals surface area contributed by atoms with Gasteiger partial charge in [0.2, 0.25) is 0 Å². The smallest absolute Gasteiger partial charge is 0.251 e. The quantitative estimate of drug-likeness (QED) is 0.840. The van der Waals surface area contributed by atoms with E-state index in [9.17, 15) is 4.79 Å². The molecule has 1 aromatic rings. The maximum Gasteiger partial charge on any atom is 0.251 e. The summed E-state index contributed by atoms with van der Waals surface area (Å²) in [6.07, 6.45) is 3.41. The Morgan fingerprint density at radius 2 is 2.22 bits per heavy atom. The van der Waals surface area contributed by atoms with Crippen molar-refractivity contribution in [2.45, 2.75) is 25.3 Å². The first-order chi connectivity index (χ1) is 8.79. The summed E-state index contributed by atoms with van der Waals surface area (Å²) in [7, 11) is 0. The lowest BCUT2D eigenvalue weighted by Gasteiger charge is -2.10. The summed E-state index contributed by atoms with van der Waals surface area (Å²) in [5.41, 5.74) is 1.18. The number of hydrogen-bond donors (Lipinski definition) is 2. The Labute approximate surface area is 107 Å². The van der Waals surface area contributed by atoms with Gasteiger partial charge in [-0.25, -0.2) is 0 Å². The fourth-order valence-corrected chi connectivity index (χ4v) is 2.16. The Morgan fingerprint density at radius 1 is 1.44 bits per heavy atom. The molecule has 0 saturated carbocycles.